The molecule has 0 aliphatic heterocycles. The molecule has 0 aliphatic carbocycles. The van der Waals surface area contributed by atoms with Gasteiger partial charge in [-0.25, -0.2) is 5.43 Å². The number of amides is 1. The number of hydrogen-bond donors (Lipinski definition) is 1. The molecule has 124 valence electrons. The zero-order valence-corrected chi connectivity index (χ0v) is 13.4. The predicted molar refractivity (Wildman–Crippen MR) is 90.4 cm³/mol. The van der Waals surface area contributed by atoms with Crippen molar-refractivity contribution >= 4 is 29.4 Å². The Balaban J connectivity index is 1.90. The van der Waals surface area contributed by atoms with Gasteiger partial charge in [-0.15, -0.1) is 0 Å². The third-order valence-electron chi connectivity index (χ3n) is 2.97. The molecule has 2 aromatic carbocycles. The molecule has 0 saturated heterocycles. The maximum atomic E-state index is 11.9. The summed E-state index contributed by atoms with van der Waals surface area (Å²) in [7, 11) is 0. The molecule has 7 nitrogen and oxygen atoms in total. The van der Waals surface area contributed by atoms with Crippen molar-refractivity contribution < 1.29 is 14.5 Å². The van der Waals surface area contributed by atoms with E-state index in [9.17, 15) is 14.9 Å². The van der Waals surface area contributed by atoms with Gasteiger partial charge in [-0.05, 0) is 31.2 Å². The number of rotatable bonds is 6. The first kappa shape index (κ1) is 17.4. The molecule has 0 heterocycles. The topological polar surface area (TPSA) is 93.8 Å². The van der Waals surface area contributed by atoms with Crippen LogP contribution in [-0.4, -0.2) is 23.1 Å². The summed E-state index contributed by atoms with van der Waals surface area (Å²) < 4.78 is 5.45. The highest BCUT2D eigenvalue weighted by molar-refractivity contribution is 6.30. The highest BCUT2D eigenvalue weighted by atomic mass is 35.5. The van der Waals surface area contributed by atoms with Crippen molar-refractivity contribution in [2.45, 2.75) is 13.0 Å². The van der Waals surface area contributed by atoms with E-state index in [1.54, 1.807) is 37.3 Å². The van der Waals surface area contributed by atoms with Crippen molar-refractivity contribution in [1.82, 2.24) is 5.43 Å². The van der Waals surface area contributed by atoms with Gasteiger partial charge in [0.15, 0.2) is 6.10 Å². The van der Waals surface area contributed by atoms with E-state index < -0.39 is 16.9 Å². The molecule has 0 spiro atoms. The van der Waals surface area contributed by atoms with Gasteiger partial charge in [0.1, 0.15) is 5.75 Å². The largest absolute Gasteiger partial charge is 0.481 e. The Hall–Kier alpha value is -2.93. The van der Waals surface area contributed by atoms with Crippen LogP contribution in [0.1, 0.15) is 12.5 Å². The van der Waals surface area contributed by atoms with Crippen molar-refractivity contribution in [2.24, 2.45) is 5.10 Å². The number of carbonyl (C=O) groups excluding carboxylic acids is 1. The van der Waals surface area contributed by atoms with Gasteiger partial charge in [0.2, 0.25) is 0 Å². The fourth-order valence-electron chi connectivity index (χ4n) is 1.75. The Kier molecular flexibility index (Phi) is 5.86. The average molecular weight is 348 g/mol. The Bertz CT molecular complexity index is 762. The number of benzene rings is 2. The lowest BCUT2D eigenvalue weighted by Crippen LogP contribution is -2.33. The van der Waals surface area contributed by atoms with Crippen LogP contribution in [0.2, 0.25) is 5.02 Å². The minimum Gasteiger partial charge on any atom is -0.481 e. The van der Waals surface area contributed by atoms with E-state index in [0.29, 0.717) is 16.3 Å². The summed E-state index contributed by atoms with van der Waals surface area (Å²) in [6.07, 6.45) is 0.549. The fourth-order valence-corrected chi connectivity index (χ4v) is 1.88. The monoisotopic (exact) mass is 347 g/mol. The quantitative estimate of drug-likeness (QED) is 0.493. The number of nitro benzene ring substituents is 1. The van der Waals surface area contributed by atoms with E-state index in [2.05, 4.69) is 10.5 Å². The Morgan fingerprint density at radius 2 is 2.04 bits per heavy atom. The summed E-state index contributed by atoms with van der Waals surface area (Å²) in [4.78, 5) is 22.1. The number of nitrogens with zero attached hydrogens (tertiary/aromatic N) is 2. The highest BCUT2D eigenvalue weighted by Crippen LogP contribution is 2.16. The summed E-state index contributed by atoms with van der Waals surface area (Å²) in [5, 5.41) is 15.0. The number of ether oxygens (including phenoxy) is 1. The number of nitro groups is 1. The zero-order valence-electron chi connectivity index (χ0n) is 12.7. The number of carbonyl (C=O) groups is 1. The van der Waals surface area contributed by atoms with Crippen molar-refractivity contribution in [3.8, 4) is 5.75 Å². The average Bonchev–Trinajstić information content (AvgIpc) is 2.57. The Labute approximate surface area is 143 Å². The molecule has 0 unspecified atom stereocenters. The minimum atomic E-state index is -0.770. The standard InChI is InChI=1S/C16H14ClN3O4/c1-11(24-15-7-5-13(17)6-8-15)16(21)19-18-10-12-3-2-4-14(9-12)20(22)23/h2-11H,1H3,(H,19,21)/b18-10+/t11-/m0/s1. The van der Waals surface area contributed by atoms with Crippen LogP contribution in [0.15, 0.2) is 53.6 Å². The van der Waals surface area contributed by atoms with Gasteiger partial charge in [0, 0.05) is 22.7 Å². The number of nitrogens with one attached hydrogen (secondary N) is 1. The Morgan fingerprint density at radius 1 is 1.33 bits per heavy atom. The molecule has 0 radical (unpaired) electrons. The van der Waals surface area contributed by atoms with Crippen LogP contribution in [0, 0.1) is 10.1 Å². The maximum absolute atomic E-state index is 11.9. The summed E-state index contributed by atoms with van der Waals surface area (Å²) in [6.45, 7) is 1.58. The van der Waals surface area contributed by atoms with E-state index in [1.807, 2.05) is 0 Å². The number of hydrazone groups is 1. The van der Waals surface area contributed by atoms with E-state index in [-0.39, 0.29) is 5.69 Å². The maximum Gasteiger partial charge on any atom is 0.280 e. The van der Waals surface area contributed by atoms with E-state index in [1.165, 1.54) is 24.4 Å². The van der Waals surface area contributed by atoms with Crippen LogP contribution in [-0.2, 0) is 4.79 Å². The second kappa shape index (κ2) is 8.07. The van der Waals surface area contributed by atoms with Crippen molar-refractivity contribution in [2.75, 3.05) is 0 Å². The lowest BCUT2D eigenvalue weighted by molar-refractivity contribution is -0.384. The molecule has 0 bridgehead atoms. The SMILES string of the molecule is C[C@H](Oc1ccc(Cl)cc1)C(=O)N/N=C/c1cccc([N+](=O)[O-])c1. The molecule has 24 heavy (non-hydrogen) atoms. The predicted octanol–water partition coefficient (Wildman–Crippen LogP) is 3.17. The van der Waals surface area contributed by atoms with E-state index in [4.69, 9.17) is 16.3 Å². The molecule has 0 aromatic heterocycles. The fraction of sp³-hybridized carbons (Fsp3) is 0.125. The molecule has 1 amide bonds. The van der Waals surface area contributed by atoms with Gasteiger partial charge >= 0.3 is 0 Å². The van der Waals surface area contributed by atoms with Crippen LogP contribution < -0.4 is 10.2 Å². The van der Waals surface area contributed by atoms with Crippen molar-refractivity contribution in [1.29, 1.82) is 0 Å². The smallest absolute Gasteiger partial charge is 0.280 e. The minimum absolute atomic E-state index is 0.0512. The zero-order chi connectivity index (χ0) is 17.5. The molecule has 0 saturated carbocycles. The second-order valence-electron chi connectivity index (χ2n) is 4.80. The molecule has 0 fully saturated rings. The number of halogens is 1. The molecule has 0 aliphatic rings. The third-order valence-corrected chi connectivity index (χ3v) is 3.22. The summed E-state index contributed by atoms with van der Waals surface area (Å²) in [5.41, 5.74) is 2.77. The summed E-state index contributed by atoms with van der Waals surface area (Å²) >= 11 is 5.77. The van der Waals surface area contributed by atoms with Crippen LogP contribution in [0.5, 0.6) is 5.75 Å². The molecule has 2 rings (SSSR count). The summed E-state index contributed by atoms with van der Waals surface area (Å²) in [6, 6.07) is 12.5. The highest BCUT2D eigenvalue weighted by Gasteiger charge is 2.13. The van der Waals surface area contributed by atoms with Crippen molar-refractivity contribution in [3.05, 3.63) is 69.2 Å². The van der Waals surface area contributed by atoms with Gasteiger partial charge in [-0.1, -0.05) is 23.7 Å². The number of non-ortho nitro benzene ring substituents is 1. The first-order chi connectivity index (χ1) is 11.5. The lowest BCUT2D eigenvalue weighted by Gasteiger charge is -2.12. The molecule has 8 heteroatoms. The molecular formula is C16H14ClN3O4. The van der Waals surface area contributed by atoms with Crippen LogP contribution >= 0.6 is 11.6 Å². The van der Waals surface area contributed by atoms with Gasteiger partial charge in [0.25, 0.3) is 11.6 Å². The number of hydrogen-bond acceptors (Lipinski definition) is 5. The van der Waals surface area contributed by atoms with Crippen LogP contribution in [0.4, 0.5) is 5.69 Å². The second-order valence-corrected chi connectivity index (χ2v) is 5.24. The van der Waals surface area contributed by atoms with E-state index in [0.717, 1.165) is 0 Å². The van der Waals surface area contributed by atoms with Gasteiger partial charge in [-0.3, -0.25) is 14.9 Å². The first-order valence-electron chi connectivity index (χ1n) is 6.95. The van der Waals surface area contributed by atoms with Crippen LogP contribution in [0.3, 0.4) is 0 Å². The van der Waals surface area contributed by atoms with Crippen LogP contribution in [0.25, 0.3) is 0 Å². The van der Waals surface area contributed by atoms with Gasteiger partial charge < -0.3 is 4.74 Å². The first-order valence-corrected chi connectivity index (χ1v) is 7.33. The van der Waals surface area contributed by atoms with Gasteiger partial charge in [-0.2, -0.15) is 5.10 Å². The van der Waals surface area contributed by atoms with E-state index >= 15 is 0 Å². The molecule has 2 aromatic rings. The van der Waals surface area contributed by atoms with Crippen molar-refractivity contribution in [3.63, 3.8) is 0 Å². The normalized spacial score (nSPS) is 11.9. The summed E-state index contributed by atoms with van der Waals surface area (Å²) in [5.74, 6) is 0.0522. The molecule has 1 N–H and O–H groups in total. The molecular weight excluding hydrogens is 334 g/mol. The lowest BCUT2D eigenvalue weighted by atomic mass is 10.2. The third kappa shape index (κ3) is 5.06. The Morgan fingerprint density at radius 3 is 2.71 bits per heavy atom. The van der Waals surface area contributed by atoms with Gasteiger partial charge in [0.05, 0.1) is 11.1 Å². The molecule has 1 atom stereocenters.